The maximum absolute atomic E-state index is 13.0. The van der Waals surface area contributed by atoms with Gasteiger partial charge in [-0.2, -0.15) is 13.2 Å². The summed E-state index contributed by atoms with van der Waals surface area (Å²) in [6, 6.07) is 11.0. The Labute approximate surface area is 178 Å². The number of halogens is 3. The summed E-state index contributed by atoms with van der Waals surface area (Å²) >= 11 is 0. The van der Waals surface area contributed by atoms with Crippen molar-refractivity contribution in [2.75, 3.05) is 6.54 Å². The van der Waals surface area contributed by atoms with Crippen molar-refractivity contribution in [2.45, 2.75) is 45.0 Å². The van der Waals surface area contributed by atoms with E-state index < -0.39 is 41.1 Å². The first kappa shape index (κ1) is 24.0. The van der Waals surface area contributed by atoms with Gasteiger partial charge >= 0.3 is 12.3 Å². The molecule has 2 rings (SSSR count). The number of carbonyl (C=O) groups is 2. The van der Waals surface area contributed by atoms with Crippen LogP contribution in [-0.2, 0) is 17.3 Å². The summed E-state index contributed by atoms with van der Waals surface area (Å²) in [5.74, 6) is -1.73. The molecule has 0 aliphatic rings. The van der Waals surface area contributed by atoms with Crippen LogP contribution in [-0.4, -0.2) is 35.3 Å². The second-order valence-corrected chi connectivity index (χ2v) is 7.97. The van der Waals surface area contributed by atoms with Gasteiger partial charge in [0.2, 0.25) is 0 Å². The molecule has 3 N–H and O–H groups in total. The number of aromatic hydroxyl groups is 1. The van der Waals surface area contributed by atoms with E-state index in [0.29, 0.717) is 12.5 Å². The summed E-state index contributed by atoms with van der Waals surface area (Å²) in [5.41, 5.74) is -1.41. The summed E-state index contributed by atoms with van der Waals surface area (Å²) in [5, 5.41) is 14.7. The predicted molar refractivity (Wildman–Crippen MR) is 109 cm³/mol. The summed E-state index contributed by atoms with van der Waals surface area (Å²) in [6.45, 7) is 5.12. The molecule has 168 valence electrons. The normalized spacial score (nSPS) is 12.7. The van der Waals surface area contributed by atoms with Crippen LogP contribution in [0.15, 0.2) is 48.5 Å². The van der Waals surface area contributed by atoms with Gasteiger partial charge in [0.05, 0.1) is 11.6 Å². The Kier molecular flexibility index (Phi) is 7.54. The van der Waals surface area contributed by atoms with Crippen molar-refractivity contribution in [2.24, 2.45) is 0 Å². The molecule has 0 saturated carbocycles. The number of alkyl carbamates (subject to hydrolysis) is 1. The minimum Gasteiger partial charge on any atom is -0.507 e. The van der Waals surface area contributed by atoms with Gasteiger partial charge in [0.1, 0.15) is 11.4 Å². The van der Waals surface area contributed by atoms with E-state index in [1.165, 1.54) is 0 Å². The van der Waals surface area contributed by atoms with Gasteiger partial charge in [-0.1, -0.05) is 30.3 Å². The highest BCUT2D eigenvalue weighted by Gasteiger charge is 2.34. The van der Waals surface area contributed by atoms with Crippen LogP contribution in [0.2, 0.25) is 0 Å². The summed E-state index contributed by atoms with van der Waals surface area (Å²) < 4.78 is 44.3. The van der Waals surface area contributed by atoms with Crippen LogP contribution in [0.5, 0.6) is 5.75 Å². The van der Waals surface area contributed by atoms with Gasteiger partial charge in [0.15, 0.2) is 0 Å². The maximum atomic E-state index is 13.0. The van der Waals surface area contributed by atoms with Crippen molar-refractivity contribution < 1.29 is 32.6 Å². The van der Waals surface area contributed by atoms with E-state index in [9.17, 15) is 27.9 Å². The number of benzene rings is 2. The van der Waals surface area contributed by atoms with Gasteiger partial charge in [-0.3, -0.25) is 4.79 Å². The molecule has 0 heterocycles. The zero-order valence-corrected chi connectivity index (χ0v) is 17.4. The number of hydrogen-bond donors (Lipinski definition) is 3. The predicted octanol–water partition coefficient (Wildman–Crippen LogP) is 4.28. The van der Waals surface area contributed by atoms with Gasteiger partial charge in [-0.15, -0.1) is 0 Å². The lowest BCUT2D eigenvalue weighted by molar-refractivity contribution is -0.138. The SMILES string of the molecule is CC(C)(C)OC(=O)NCC(Cc1ccccc1)NC(=O)c1ccc(O)c(C(F)(F)F)c1. The zero-order chi connectivity index (χ0) is 23.2. The van der Waals surface area contributed by atoms with Gasteiger partial charge in [0.25, 0.3) is 5.91 Å². The fourth-order valence-electron chi connectivity index (χ4n) is 2.77. The topological polar surface area (TPSA) is 87.7 Å². The summed E-state index contributed by atoms with van der Waals surface area (Å²) in [4.78, 5) is 24.6. The highest BCUT2D eigenvalue weighted by molar-refractivity contribution is 5.94. The fourth-order valence-corrected chi connectivity index (χ4v) is 2.77. The van der Waals surface area contributed by atoms with Crippen LogP contribution >= 0.6 is 0 Å². The lowest BCUT2D eigenvalue weighted by Crippen LogP contribution is -2.46. The molecule has 2 amide bonds. The van der Waals surface area contributed by atoms with Crippen molar-refractivity contribution in [3.05, 3.63) is 65.2 Å². The molecule has 0 aromatic heterocycles. The molecule has 9 heteroatoms. The molecule has 0 spiro atoms. The van der Waals surface area contributed by atoms with Gasteiger partial charge in [-0.05, 0) is 51.0 Å². The Morgan fingerprint density at radius 1 is 1.06 bits per heavy atom. The van der Waals surface area contributed by atoms with Crippen molar-refractivity contribution in [3.63, 3.8) is 0 Å². The van der Waals surface area contributed by atoms with Gasteiger partial charge in [0, 0.05) is 12.1 Å². The van der Waals surface area contributed by atoms with E-state index in [1.807, 2.05) is 30.3 Å². The first-order valence-corrected chi connectivity index (χ1v) is 9.57. The minimum absolute atomic E-state index is 0.000239. The average molecular weight is 438 g/mol. The van der Waals surface area contributed by atoms with E-state index >= 15 is 0 Å². The van der Waals surface area contributed by atoms with E-state index in [2.05, 4.69) is 10.6 Å². The average Bonchev–Trinajstić information content (AvgIpc) is 2.65. The number of phenolic OH excluding ortho intramolecular Hbond substituents is 1. The molecule has 31 heavy (non-hydrogen) atoms. The minimum atomic E-state index is -4.80. The highest BCUT2D eigenvalue weighted by atomic mass is 19.4. The van der Waals surface area contributed by atoms with Crippen molar-refractivity contribution >= 4 is 12.0 Å². The monoisotopic (exact) mass is 438 g/mol. The lowest BCUT2D eigenvalue weighted by atomic mass is 10.0. The third kappa shape index (κ3) is 7.84. The third-order valence-electron chi connectivity index (χ3n) is 4.12. The number of alkyl halides is 3. The molecule has 6 nitrogen and oxygen atoms in total. The number of carbonyl (C=O) groups excluding carboxylic acids is 2. The number of ether oxygens (including phenoxy) is 1. The third-order valence-corrected chi connectivity index (χ3v) is 4.12. The molecule has 0 saturated heterocycles. The van der Waals surface area contributed by atoms with Crippen LogP contribution < -0.4 is 10.6 Å². The molecule has 0 aliphatic heterocycles. The lowest BCUT2D eigenvalue weighted by Gasteiger charge is -2.23. The van der Waals surface area contributed by atoms with Crippen LogP contribution in [0.1, 0.15) is 42.3 Å². The van der Waals surface area contributed by atoms with E-state index in [1.54, 1.807) is 20.8 Å². The second-order valence-electron chi connectivity index (χ2n) is 7.97. The molecule has 0 aliphatic carbocycles. The molecule has 2 aromatic rings. The maximum Gasteiger partial charge on any atom is 0.419 e. The Morgan fingerprint density at radius 2 is 1.71 bits per heavy atom. The van der Waals surface area contributed by atoms with Gasteiger partial charge < -0.3 is 20.5 Å². The Balaban J connectivity index is 2.16. The first-order chi connectivity index (χ1) is 14.3. The summed E-state index contributed by atoms with van der Waals surface area (Å²) in [7, 11) is 0. The van der Waals surface area contributed by atoms with E-state index in [4.69, 9.17) is 4.74 Å². The van der Waals surface area contributed by atoms with Gasteiger partial charge in [-0.25, -0.2) is 4.79 Å². The van der Waals surface area contributed by atoms with Crippen molar-refractivity contribution in [1.29, 1.82) is 0 Å². The number of nitrogens with one attached hydrogen (secondary N) is 2. The smallest absolute Gasteiger partial charge is 0.419 e. The van der Waals surface area contributed by atoms with Crippen LogP contribution in [0.25, 0.3) is 0 Å². The fraction of sp³-hybridized carbons (Fsp3) is 0.364. The molecule has 0 fully saturated rings. The first-order valence-electron chi connectivity index (χ1n) is 9.57. The molecule has 0 bridgehead atoms. The molecule has 1 atom stereocenters. The van der Waals surface area contributed by atoms with Crippen LogP contribution in [0, 0.1) is 0 Å². The van der Waals surface area contributed by atoms with E-state index in [0.717, 1.165) is 17.7 Å². The van der Waals surface area contributed by atoms with Crippen LogP contribution in [0.4, 0.5) is 18.0 Å². The Morgan fingerprint density at radius 3 is 2.29 bits per heavy atom. The zero-order valence-electron chi connectivity index (χ0n) is 17.4. The number of hydrogen-bond acceptors (Lipinski definition) is 4. The molecule has 1 unspecified atom stereocenters. The van der Waals surface area contributed by atoms with E-state index in [-0.39, 0.29) is 12.1 Å². The Hall–Kier alpha value is -3.23. The molecule has 0 radical (unpaired) electrons. The van der Waals surface area contributed by atoms with Crippen molar-refractivity contribution in [1.82, 2.24) is 10.6 Å². The number of rotatable bonds is 6. The number of amides is 2. The standard InChI is InChI=1S/C22H25F3N2O4/c1-21(2,3)31-20(30)26-13-16(11-14-7-5-4-6-8-14)27-19(29)15-9-10-18(28)17(12-15)22(23,24)25/h4-10,12,16,28H,11,13H2,1-3H3,(H,26,30)(H,27,29). The molecular weight excluding hydrogens is 413 g/mol. The molecule has 2 aromatic carbocycles. The number of phenols is 1. The quantitative estimate of drug-likeness (QED) is 0.628. The van der Waals surface area contributed by atoms with Crippen LogP contribution in [0.3, 0.4) is 0 Å². The summed E-state index contributed by atoms with van der Waals surface area (Å²) in [6.07, 6.45) is -5.15. The molecular formula is C22H25F3N2O4. The largest absolute Gasteiger partial charge is 0.507 e. The van der Waals surface area contributed by atoms with Crippen molar-refractivity contribution in [3.8, 4) is 5.75 Å². The second kappa shape index (κ2) is 9.72. The Bertz CT molecular complexity index is 909. The highest BCUT2D eigenvalue weighted by Crippen LogP contribution is 2.36.